The topological polar surface area (TPSA) is 73.3 Å². The summed E-state index contributed by atoms with van der Waals surface area (Å²) in [6.45, 7) is 5.85. The third-order valence-electron chi connectivity index (χ3n) is 2.44. The molecule has 0 unspecified atom stereocenters. The number of benzene rings is 1. The molecule has 0 saturated heterocycles. The summed E-state index contributed by atoms with van der Waals surface area (Å²) in [6.07, 6.45) is 2.46. The molecule has 5 N–H and O–H groups in total. The molecule has 0 saturated carbocycles. The number of ether oxygens (including phenoxy) is 1. The van der Waals surface area contributed by atoms with Crippen molar-refractivity contribution in [3.63, 3.8) is 0 Å². The second-order valence-electron chi connectivity index (χ2n) is 4.40. The zero-order valence-electron chi connectivity index (χ0n) is 10.7. The Morgan fingerprint density at radius 3 is 2.59 bits per heavy atom. The molecule has 1 aromatic carbocycles. The number of nitrogens with one attached hydrogen (secondary N) is 1. The summed E-state index contributed by atoms with van der Waals surface area (Å²) < 4.78 is 5.46. The van der Waals surface area contributed by atoms with Crippen LogP contribution in [-0.2, 0) is 4.74 Å². The van der Waals surface area contributed by atoms with Crippen LogP contribution in [0.25, 0.3) is 0 Å². The second-order valence-corrected chi connectivity index (χ2v) is 4.40. The Bertz CT molecular complexity index is 339. The number of rotatable bonds is 7. The molecule has 0 aliphatic rings. The van der Waals surface area contributed by atoms with Crippen molar-refractivity contribution >= 4 is 17.1 Å². The Hall–Kier alpha value is -1.42. The van der Waals surface area contributed by atoms with Crippen molar-refractivity contribution in [2.24, 2.45) is 0 Å². The summed E-state index contributed by atoms with van der Waals surface area (Å²) in [7, 11) is 0. The number of hydrogen-bond acceptors (Lipinski definition) is 4. The molecule has 0 radical (unpaired) electrons. The molecule has 0 bridgehead atoms. The van der Waals surface area contributed by atoms with E-state index in [4.69, 9.17) is 16.2 Å². The molecule has 17 heavy (non-hydrogen) atoms. The van der Waals surface area contributed by atoms with Crippen LogP contribution >= 0.6 is 0 Å². The molecule has 0 spiro atoms. The van der Waals surface area contributed by atoms with Crippen molar-refractivity contribution in [2.75, 3.05) is 29.9 Å². The third kappa shape index (κ3) is 5.45. The van der Waals surface area contributed by atoms with E-state index in [1.165, 1.54) is 0 Å². The van der Waals surface area contributed by atoms with Crippen LogP contribution in [0.1, 0.15) is 26.7 Å². The maximum atomic E-state index is 5.72. The number of unbranched alkanes of at least 4 members (excludes halogenated alkanes) is 1. The molecule has 1 aromatic rings. The van der Waals surface area contributed by atoms with Gasteiger partial charge in [0.2, 0.25) is 0 Å². The van der Waals surface area contributed by atoms with Crippen LogP contribution in [0.2, 0.25) is 0 Å². The maximum absolute atomic E-state index is 5.72. The largest absolute Gasteiger partial charge is 0.397 e. The van der Waals surface area contributed by atoms with Crippen LogP contribution in [0.4, 0.5) is 17.1 Å². The smallest absolute Gasteiger partial charge is 0.0568 e. The van der Waals surface area contributed by atoms with E-state index in [0.717, 1.165) is 31.7 Å². The van der Waals surface area contributed by atoms with E-state index in [-0.39, 0.29) is 0 Å². The van der Waals surface area contributed by atoms with Gasteiger partial charge in [-0.2, -0.15) is 0 Å². The van der Waals surface area contributed by atoms with Crippen LogP contribution < -0.4 is 16.8 Å². The van der Waals surface area contributed by atoms with Gasteiger partial charge in [0.25, 0.3) is 0 Å². The summed E-state index contributed by atoms with van der Waals surface area (Å²) in [4.78, 5) is 0. The summed E-state index contributed by atoms with van der Waals surface area (Å²) in [5.74, 6) is 0. The minimum Gasteiger partial charge on any atom is -0.397 e. The van der Waals surface area contributed by atoms with Crippen LogP contribution in [0.15, 0.2) is 18.2 Å². The molecule has 0 aromatic heterocycles. The van der Waals surface area contributed by atoms with E-state index in [1.54, 1.807) is 0 Å². The summed E-state index contributed by atoms with van der Waals surface area (Å²) in [5.41, 5.74) is 13.6. The third-order valence-corrected chi connectivity index (χ3v) is 2.44. The molecule has 0 aliphatic carbocycles. The van der Waals surface area contributed by atoms with E-state index in [1.807, 2.05) is 18.2 Å². The van der Waals surface area contributed by atoms with Gasteiger partial charge in [-0.3, -0.25) is 0 Å². The van der Waals surface area contributed by atoms with E-state index in [9.17, 15) is 0 Å². The normalized spacial score (nSPS) is 10.8. The molecular formula is C13H23N3O. The lowest BCUT2D eigenvalue weighted by Crippen LogP contribution is -2.07. The molecule has 4 nitrogen and oxygen atoms in total. The van der Waals surface area contributed by atoms with Crippen LogP contribution in [0.3, 0.4) is 0 Å². The van der Waals surface area contributed by atoms with Crippen molar-refractivity contribution in [3.05, 3.63) is 18.2 Å². The van der Waals surface area contributed by atoms with Gasteiger partial charge in [-0.25, -0.2) is 0 Å². The van der Waals surface area contributed by atoms with Gasteiger partial charge < -0.3 is 21.5 Å². The van der Waals surface area contributed by atoms with E-state index >= 15 is 0 Å². The highest BCUT2D eigenvalue weighted by Crippen LogP contribution is 2.19. The first-order valence-electron chi connectivity index (χ1n) is 6.10. The fourth-order valence-corrected chi connectivity index (χ4v) is 1.46. The van der Waals surface area contributed by atoms with Crippen molar-refractivity contribution in [3.8, 4) is 0 Å². The van der Waals surface area contributed by atoms with E-state index in [0.29, 0.717) is 17.5 Å². The first-order chi connectivity index (χ1) is 8.09. The lowest BCUT2D eigenvalue weighted by atomic mass is 10.2. The molecule has 96 valence electrons. The van der Waals surface area contributed by atoms with Gasteiger partial charge in [0, 0.05) is 18.8 Å². The average molecular weight is 237 g/mol. The van der Waals surface area contributed by atoms with Crippen LogP contribution in [0, 0.1) is 0 Å². The van der Waals surface area contributed by atoms with Gasteiger partial charge in [0.05, 0.1) is 17.5 Å². The van der Waals surface area contributed by atoms with Crippen LogP contribution in [0.5, 0.6) is 0 Å². The van der Waals surface area contributed by atoms with Gasteiger partial charge in [0.15, 0.2) is 0 Å². The molecular weight excluding hydrogens is 214 g/mol. The first kappa shape index (κ1) is 13.6. The molecule has 0 aliphatic heterocycles. The predicted octanol–water partition coefficient (Wildman–Crippen LogP) is 2.47. The Labute approximate surface area is 103 Å². The van der Waals surface area contributed by atoms with Crippen molar-refractivity contribution in [1.82, 2.24) is 0 Å². The van der Waals surface area contributed by atoms with Gasteiger partial charge in [0.1, 0.15) is 0 Å². The second kappa shape index (κ2) is 7.01. The minimum absolute atomic E-state index is 0.319. The number of hydrogen-bond donors (Lipinski definition) is 3. The number of nitrogens with two attached hydrogens (primary N) is 2. The Morgan fingerprint density at radius 1 is 1.18 bits per heavy atom. The predicted molar refractivity (Wildman–Crippen MR) is 74.1 cm³/mol. The lowest BCUT2D eigenvalue weighted by Gasteiger charge is -2.09. The Morgan fingerprint density at radius 2 is 1.94 bits per heavy atom. The van der Waals surface area contributed by atoms with Gasteiger partial charge >= 0.3 is 0 Å². The highest BCUT2D eigenvalue weighted by molar-refractivity contribution is 5.69. The van der Waals surface area contributed by atoms with Crippen molar-refractivity contribution in [2.45, 2.75) is 32.8 Å². The molecule has 0 amide bonds. The average Bonchev–Trinajstić information content (AvgIpc) is 2.27. The number of nitrogen functional groups attached to an aromatic ring is 2. The first-order valence-corrected chi connectivity index (χ1v) is 6.10. The molecule has 0 fully saturated rings. The fraction of sp³-hybridized carbons (Fsp3) is 0.538. The lowest BCUT2D eigenvalue weighted by molar-refractivity contribution is 0.0765. The molecule has 0 atom stereocenters. The van der Waals surface area contributed by atoms with Gasteiger partial charge in [-0.15, -0.1) is 0 Å². The summed E-state index contributed by atoms with van der Waals surface area (Å²) >= 11 is 0. The van der Waals surface area contributed by atoms with E-state index < -0.39 is 0 Å². The Kier molecular flexibility index (Phi) is 5.63. The highest BCUT2D eigenvalue weighted by atomic mass is 16.5. The monoisotopic (exact) mass is 237 g/mol. The van der Waals surface area contributed by atoms with Crippen molar-refractivity contribution < 1.29 is 4.74 Å². The number of anilines is 3. The van der Waals surface area contributed by atoms with Crippen molar-refractivity contribution in [1.29, 1.82) is 0 Å². The maximum Gasteiger partial charge on any atom is 0.0568 e. The van der Waals surface area contributed by atoms with Gasteiger partial charge in [-0.1, -0.05) is 0 Å². The van der Waals surface area contributed by atoms with Gasteiger partial charge in [-0.05, 0) is 44.9 Å². The Balaban J connectivity index is 2.16. The van der Waals surface area contributed by atoms with E-state index in [2.05, 4.69) is 19.2 Å². The highest BCUT2D eigenvalue weighted by Gasteiger charge is 1.97. The molecule has 4 heteroatoms. The van der Waals surface area contributed by atoms with Crippen LogP contribution in [-0.4, -0.2) is 19.3 Å². The standard InChI is InChI=1S/C13H23N3O/c1-10(2)17-8-4-3-7-16-11-5-6-12(14)13(15)9-11/h5-6,9-10,16H,3-4,7-8,14-15H2,1-2H3. The molecule has 1 rings (SSSR count). The summed E-state index contributed by atoms with van der Waals surface area (Å²) in [5, 5.41) is 3.31. The quantitative estimate of drug-likeness (QED) is 0.503. The zero-order valence-corrected chi connectivity index (χ0v) is 10.7. The fourth-order valence-electron chi connectivity index (χ4n) is 1.46. The molecule has 0 heterocycles. The summed E-state index contributed by atoms with van der Waals surface area (Å²) in [6, 6.07) is 5.62. The minimum atomic E-state index is 0.319. The SMILES string of the molecule is CC(C)OCCCCNc1ccc(N)c(N)c1. The zero-order chi connectivity index (χ0) is 12.7.